The number of fused-ring (bicyclic) bond motifs is 1. The molecule has 2 N–H and O–H groups in total. The Balaban J connectivity index is 1.99. The lowest BCUT2D eigenvalue weighted by atomic mass is 10.0. The number of hydrogen-bond donors (Lipinski definition) is 2. The molecule has 0 bridgehead atoms. The summed E-state index contributed by atoms with van der Waals surface area (Å²) in [4.78, 5) is 10.3. The first-order valence-electron chi connectivity index (χ1n) is 3.85. The minimum Gasteiger partial charge on any atom is -0.302 e. The van der Waals surface area contributed by atoms with E-state index < -0.39 is 0 Å². The number of aldehydes is 1. The van der Waals surface area contributed by atoms with E-state index in [1.807, 2.05) is 0 Å². The van der Waals surface area contributed by atoms with Crippen molar-refractivity contribution in [2.45, 2.75) is 25.0 Å². The van der Waals surface area contributed by atoms with Crippen LogP contribution in [0.1, 0.15) is 12.8 Å². The van der Waals surface area contributed by atoms with Gasteiger partial charge in [-0.3, -0.25) is 5.32 Å². The summed E-state index contributed by atoms with van der Waals surface area (Å²) in [7, 11) is 0. The van der Waals surface area contributed by atoms with Crippen molar-refractivity contribution in [3.05, 3.63) is 0 Å². The molecule has 0 saturated carbocycles. The summed E-state index contributed by atoms with van der Waals surface area (Å²) in [6.07, 6.45) is 3.69. The number of hydrogen-bond acceptors (Lipinski definition) is 3. The molecule has 3 atom stereocenters. The van der Waals surface area contributed by atoms with Crippen molar-refractivity contribution in [1.82, 2.24) is 10.6 Å². The number of nitrogens with one attached hydrogen (secondary N) is 2. The molecule has 3 heteroatoms. The van der Waals surface area contributed by atoms with Gasteiger partial charge in [0.1, 0.15) is 6.29 Å². The second-order valence-corrected chi connectivity index (χ2v) is 3.13. The van der Waals surface area contributed by atoms with Gasteiger partial charge in [0.15, 0.2) is 0 Å². The summed E-state index contributed by atoms with van der Waals surface area (Å²) < 4.78 is 0. The Bertz CT molecular complexity index is 137. The molecule has 2 fully saturated rings. The molecule has 56 valence electrons. The van der Waals surface area contributed by atoms with Crippen molar-refractivity contribution < 1.29 is 4.79 Å². The van der Waals surface area contributed by atoms with Crippen molar-refractivity contribution in [2.24, 2.45) is 5.92 Å². The van der Waals surface area contributed by atoms with Gasteiger partial charge in [0.2, 0.25) is 0 Å². The molecular weight excluding hydrogens is 128 g/mol. The molecule has 0 spiro atoms. The van der Waals surface area contributed by atoms with E-state index in [0.717, 1.165) is 19.3 Å². The second kappa shape index (κ2) is 2.32. The molecule has 2 rings (SSSR count). The lowest BCUT2D eigenvalue weighted by Gasteiger charge is -2.07. The first-order chi connectivity index (χ1) is 4.90. The minimum atomic E-state index is 0.114. The molecule has 0 aromatic rings. The van der Waals surface area contributed by atoms with Crippen LogP contribution in [-0.4, -0.2) is 25.0 Å². The molecule has 3 unspecified atom stereocenters. The predicted octanol–water partition coefficient (Wildman–Crippen LogP) is -0.517. The highest BCUT2D eigenvalue weighted by molar-refractivity contribution is 5.58. The highest BCUT2D eigenvalue weighted by Crippen LogP contribution is 2.24. The molecule has 0 radical (unpaired) electrons. The Morgan fingerprint density at radius 2 is 2.40 bits per heavy atom. The standard InChI is InChI=1S/C7H12N2O/c10-4-6-3-5-1-2-8-7(5)9-6/h4-9H,1-3H2. The molecule has 10 heavy (non-hydrogen) atoms. The van der Waals surface area contributed by atoms with E-state index in [9.17, 15) is 4.79 Å². The second-order valence-electron chi connectivity index (χ2n) is 3.13. The van der Waals surface area contributed by atoms with Gasteiger partial charge >= 0.3 is 0 Å². The molecule has 2 heterocycles. The zero-order valence-electron chi connectivity index (χ0n) is 5.84. The van der Waals surface area contributed by atoms with Gasteiger partial charge in [0.05, 0.1) is 12.2 Å². The van der Waals surface area contributed by atoms with Crippen LogP contribution < -0.4 is 10.6 Å². The highest BCUT2D eigenvalue weighted by atomic mass is 16.1. The molecule has 2 aliphatic rings. The van der Waals surface area contributed by atoms with Crippen molar-refractivity contribution in [2.75, 3.05) is 6.54 Å². The Hall–Kier alpha value is -0.410. The van der Waals surface area contributed by atoms with Crippen LogP contribution in [-0.2, 0) is 4.79 Å². The quantitative estimate of drug-likeness (QED) is 0.482. The van der Waals surface area contributed by atoms with E-state index >= 15 is 0 Å². The van der Waals surface area contributed by atoms with Gasteiger partial charge in [0.25, 0.3) is 0 Å². The van der Waals surface area contributed by atoms with E-state index in [1.54, 1.807) is 0 Å². The molecular formula is C7H12N2O. The van der Waals surface area contributed by atoms with E-state index in [2.05, 4.69) is 10.6 Å². The third-order valence-electron chi connectivity index (χ3n) is 2.47. The molecule has 0 aromatic carbocycles. The van der Waals surface area contributed by atoms with Gasteiger partial charge in [-0.25, -0.2) is 0 Å². The van der Waals surface area contributed by atoms with Crippen LogP contribution in [0.2, 0.25) is 0 Å². The fourth-order valence-corrected chi connectivity index (χ4v) is 1.93. The maximum absolute atomic E-state index is 10.3. The highest BCUT2D eigenvalue weighted by Gasteiger charge is 2.36. The maximum Gasteiger partial charge on any atom is 0.136 e. The molecule has 0 amide bonds. The summed E-state index contributed by atoms with van der Waals surface area (Å²) in [5, 5.41) is 6.54. The summed E-state index contributed by atoms with van der Waals surface area (Å²) >= 11 is 0. The zero-order valence-corrected chi connectivity index (χ0v) is 5.84. The summed E-state index contributed by atoms with van der Waals surface area (Å²) in [5.74, 6) is 0.704. The Morgan fingerprint density at radius 3 is 3.10 bits per heavy atom. The summed E-state index contributed by atoms with van der Waals surface area (Å²) in [5.41, 5.74) is 0. The predicted molar refractivity (Wildman–Crippen MR) is 37.5 cm³/mol. The van der Waals surface area contributed by atoms with E-state index in [1.165, 1.54) is 6.42 Å². The molecule has 0 aliphatic carbocycles. The van der Waals surface area contributed by atoms with Gasteiger partial charge < -0.3 is 10.1 Å². The Kier molecular flexibility index (Phi) is 1.47. The van der Waals surface area contributed by atoms with Crippen LogP contribution in [0.25, 0.3) is 0 Å². The van der Waals surface area contributed by atoms with E-state index in [4.69, 9.17) is 0 Å². The Labute approximate surface area is 60.2 Å². The average molecular weight is 140 g/mol. The molecule has 3 nitrogen and oxygen atoms in total. The fraction of sp³-hybridized carbons (Fsp3) is 0.857. The van der Waals surface area contributed by atoms with Crippen LogP contribution in [0.5, 0.6) is 0 Å². The van der Waals surface area contributed by atoms with Crippen molar-refractivity contribution in [3.8, 4) is 0 Å². The molecule has 2 aliphatic heterocycles. The smallest absolute Gasteiger partial charge is 0.136 e. The SMILES string of the molecule is O=CC1CC2CCNC2N1. The molecule has 0 aromatic heterocycles. The topological polar surface area (TPSA) is 41.1 Å². The first-order valence-corrected chi connectivity index (χ1v) is 3.85. The van der Waals surface area contributed by atoms with Crippen LogP contribution in [0.15, 0.2) is 0 Å². The lowest BCUT2D eigenvalue weighted by Crippen LogP contribution is -2.39. The Morgan fingerprint density at radius 1 is 1.50 bits per heavy atom. The number of carbonyl (C=O) groups excluding carboxylic acids is 1. The van der Waals surface area contributed by atoms with Gasteiger partial charge in [-0.1, -0.05) is 0 Å². The minimum absolute atomic E-state index is 0.114. The van der Waals surface area contributed by atoms with Gasteiger partial charge in [-0.15, -0.1) is 0 Å². The largest absolute Gasteiger partial charge is 0.302 e. The third kappa shape index (κ3) is 0.859. The zero-order chi connectivity index (χ0) is 6.97. The summed E-state index contributed by atoms with van der Waals surface area (Å²) in [6.45, 7) is 1.11. The van der Waals surface area contributed by atoms with Gasteiger partial charge in [-0.05, 0) is 25.3 Å². The van der Waals surface area contributed by atoms with Gasteiger partial charge in [-0.2, -0.15) is 0 Å². The third-order valence-corrected chi connectivity index (χ3v) is 2.47. The lowest BCUT2D eigenvalue weighted by molar-refractivity contribution is -0.109. The van der Waals surface area contributed by atoms with Crippen LogP contribution in [0.3, 0.4) is 0 Å². The van der Waals surface area contributed by atoms with Crippen LogP contribution in [0, 0.1) is 5.92 Å². The average Bonchev–Trinajstić information content (AvgIpc) is 2.42. The molecule has 2 saturated heterocycles. The van der Waals surface area contributed by atoms with Crippen LogP contribution >= 0.6 is 0 Å². The van der Waals surface area contributed by atoms with E-state index in [-0.39, 0.29) is 6.04 Å². The van der Waals surface area contributed by atoms with E-state index in [0.29, 0.717) is 12.1 Å². The monoisotopic (exact) mass is 140 g/mol. The summed E-state index contributed by atoms with van der Waals surface area (Å²) in [6, 6.07) is 0.114. The fourth-order valence-electron chi connectivity index (χ4n) is 1.93. The van der Waals surface area contributed by atoms with Crippen molar-refractivity contribution in [3.63, 3.8) is 0 Å². The normalized spacial score (nSPS) is 45.4. The van der Waals surface area contributed by atoms with Crippen LogP contribution in [0.4, 0.5) is 0 Å². The first kappa shape index (κ1) is 6.31. The maximum atomic E-state index is 10.3. The van der Waals surface area contributed by atoms with Crippen molar-refractivity contribution >= 4 is 6.29 Å². The van der Waals surface area contributed by atoms with Gasteiger partial charge in [0, 0.05) is 0 Å². The number of rotatable bonds is 1. The van der Waals surface area contributed by atoms with Crippen molar-refractivity contribution in [1.29, 1.82) is 0 Å². The number of carbonyl (C=O) groups is 1.